The maximum absolute atomic E-state index is 13.5. The van der Waals surface area contributed by atoms with Gasteiger partial charge in [-0.2, -0.15) is 0 Å². The molecule has 32 heavy (non-hydrogen) atoms. The third-order valence-electron chi connectivity index (χ3n) is 11.7. The molecule has 4 nitrogen and oxygen atoms in total. The molecule has 8 saturated carbocycles. The molecule has 8 fully saturated rings. The average molecular weight is 441 g/mol. The summed E-state index contributed by atoms with van der Waals surface area (Å²) in [6, 6.07) is 0. The molecule has 9 unspecified atom stereocenters. The summed E-state index contributed by atoms with van der Waals surface area (Å²) in [5.41, 5.74) is 0. The molecule has 0 spiro atoms. The molecule has 0 amide bonds. The summed E-state index contributed by atoms with van der Waals surface area (Å²) in [7, 11) is 0. The minimum Gasteiger partial charge on any atom is -0.462 e. The van der Waals surface area contributed by atoms with Gasteiger partial charge < -0.3 is 9.47 Å². The summed E-state index contributed by atoms with van der Waals surface area (Å²) in [5.74, 6) is 7.15. The SMILES string of the molecule is CCC(C)C(=O)OC1CC2CC1C1C3CC(CC3C(=O)OC3C4CC5CC(C4)CC3C5)C21. The molecule has 176 valence electrons. The summed E-state index contributed by atoms with van der Waals surface area (Å²) in [6.45, 7) is 4.03. The normalized spacial score (nSPS) is 54.6. The molecule has 0 saturated heterocycles. The lowest BCUT2D eigenvalue weighted by atomic mass is 9.55. The van der Waals surface area contributed by atoms with Gasteiger partial charge in [-0.15, -0.1) is 0 Å². The van der Waals surface area contributed by atoms with Crippen molar-refractivity contribution in [2.45, 2.75) is 90.3 Å². The van der Waals surface area contributed by atoms with Crippen LogP contribution in [0.5, 0.6) is 0 Å². The molecule has 8 aliphatic carbocycles. The Morgan fingerprint density at radius 1 is 0.750 bits per heavy atom. The van der Waals surface area contributed by atoms with Crippen molar-refractivity contribution in [1.82, 2.24) is 0 Å². The summed E-state index contributed by atoms with van der Waals surface area (Å²) in [5, 5.41) is 0. The Kier molecular flexibility index (Phi) is 4.58. The van der Waals surface area contributed by atoms with Crippen molar-refractivity contribution < 1.29 is 19.1 Å². The van der Waals surface area contributed by atoms with Crippen molar-refractivity contribution in [1.29, 1.82) is 0 Å². The lowest BCUT2D eigenvalue weighted by Gasteiger charge is -2.53. The summed E-state index contributed by atoms with van der Waals surface area (Å²) < 4.78 is 12.4. The van der Waals surface area contributed by atoms with E-state index in [0.717, 1.165) is 42.9 Å². The van der Waals surface area contributed by atoms with Gasteiger partial charge in [-0.1, -0.05) is 13.8 Å². The molecule has 0 aromatic heterocycles. The maximum Gasteiger partial charge on any atom is 0.309 e. The quantitative estimate of drug-likeness (QED) is 0.433. The Bertz CT molecular complexity index is 777. The van der Waals surface area contributed by atoms with E-state index in [1.807, 2.05) is 6.92 Å². The summed E-state index contributed by atoms with van der Waals surface area (Å²) in [6.07, 6.45) is 12.4. The number of carbonyl (C=O) groups is 2. The van der Waals surface area contributed by atoms with Crippen molar-refractivity contribution in [3.05, 3.63) is 0 Å². The number of ether oxygens (including phenoxy) is 2. The number of hydrogen-bond donors (Lipinski definition) is 0. The molecule has 0 heterocycles. The van der Waals surface area contributed by atoms with Crippen molar-refractivity contribution in [3.63, 3.8) is 0 Å². The van der Waals surface area contributed by atoms with Crippen molar-refractivity contribution in [2.75, 3.05) is 0 Å². The fraction of sp³-hybridized carbons (Fsp3) is 0.929. The molecule has 8 aliphatic rings. The van der Waals surface area contributed by atoms with Crippen LogP contribution in [0.3, 0.4) is 0 Å². The zero-order valence-electron chi connectivity index (χ0n) is 19.8. The highest BCUT2D eigenvalue weighted by atomic mass is 16.5. The Hall–Kier alpha value is -1.06. The van der Waals surface area contributed by atoms with Crippen molar-refractivity contribution in [3.8, 4) is 0 Å². The van der Waals surface area contributed by atoms with Gasteiger partial charge in [0.2, 0.25) is 0 Å². The highest BCUT2D eigenvalue weighted by Gasteiger charge is 2.67. The molecular formula is C28H40O4. The van der Waals surface area contributed by atoms with E-state index in [-0.39, 0.29) is 36.0 Å². The van der Waals surface area contributed by atoms with Crippen LogP contribution < -0.4 is 0 Å². The molecule has 0 aliphatic heterocycles. The molecule has 8 bridgehead atoms. The van der Waals surface area contributed by atoms with Gasteiger partial charge in [0, 0.05) is 0 Å². The third-order valence-corrected chi connectivity index (χ3v) is 11.7. The van der Waals surface area contributed by atoms with Crippen LogP contribution in [0.25, 0.3) is 0 Å². The van der Waals surface area contributed by atoms with Gasteiger partial charge in [0.05, 0.1) is 11.8 Å². The van der Waals surface area contributed by atoms with Gasteiger partial charge >= 0.3 is 11.9 Å². The molecule has 0 N–H and O–H groups in total. The van der Waals surface area contributed by atoms with E-state index in [0.29, 0.717) is 35.5 Å². The van der Waals surface area contributed by atoms with E-state index in [4.69, 9.17) is 9.47 Å². The number of fused-ring (bicyclic) bond motifs is 9. The Morgan fingerprint density at radius 3 is 2.09 bits per heavy atom. The lowest BCUT2D eigenvalue weighted by Crippen LogP contribution is -2.51. The van der Waals surface area contributed by atoms with E-state index in [2.05, 4.69) is 6.92 Å². The predicted molar refractivity (Wildman–Crippen MR) is 119 cm³/mol. The number of rotatable bonds is 5. The fourth-order valence-corrected chi connectivity index (χ4v) is 10.7. The standard InChI is InChI=1S/C28H40O4/c1-3-13(2)27(29)31-23-12-17-11-22(23)25-20-9-16(24(17)25)10-21(20)28(30)32-26-18-5-14-4-15(7-18)8-19(26)6-14/h13-26H,3-12H2,1-2H3. The van der Waals surface area contributed by atoms with E-state index in [1.165, 1.54) is 44.9 Å². The second kappa shape index (κ2) is 7.22. The highest BCUT2D eigenvalue weighted by molar-refractivity contribution is 5.74. The van der Waals surface area contributed by atoms with Crippen LogP contribution in [0.2, 0.25) is 0 Å². The van der Waals surface area contributed by atoms with Gasteiger partial charge in [0.25, 0.3) is 0 Å². The van der Waals surface area contributed by atoms with Crippen LogP contribution >= 0.6 is 0 Å². The van der Waals surface area contributed by atoms with E-state index in [9.17, 15) is 9.59 Å². The van der Waals surface area contributed by atoms with Crippen molar-refractivity contribution in [2.24, 2.45) is 71.0 Å². The fourth-order valence-electron chi connectivity index (χ4n) is 10.7. The Balaban J connectivity index is 1.04. The smallest absolute Gasteiger partial charge is 0.309 e. The molecule has 4 heteroatoms. The summed E-state index contributed by atoms with van der Waals surface area (Å²) >= 11 is 0. The highest BCUT2D eigenvalue weighted by Crippen LogP contribution is 2.69. The minimum absolute atomic E-state index is 0.00587. The minimum atomic E-state index is -0.0115. The Labute approximate surface area is 192 Å². The lowest BCUT2D eigenvalue weighted by molar-refractivity contribution is -0.179. The first kappa shape index (κ1) is 20.3. The molecule has 0 aromatic carbocycles. The molecule has 9 atom stereocenters. The molecule has 0 radical (unpaired) electrons. The van der Waals surface area contributed by atoms with Gasteiger partial charge in [0.15, 0.2) is 0 Å². The maximum atomic E-state index is 13.5. The first-order valence-electron chi connectivity index (χ1n) is 13.9. The summed E-state index contributed by atoms with van der Waals surface area (Å²) in [4.78, 5) is 26.0. The first-order chi connectivity index (χ1) is 15.5. The largest absolute Gasteiger partial charge is 0.462 e. The van der Waals surface area contributed by atoms with Crippen LogP contribution in [-0.2, 0) is 19.1 Å². The zero-order valence-corrected chi connectivity index (χ0v) is 19.8. The molecule has 8 rings (SSSR count). The number of hydrogen-bond acceptors (Lipinski definition) is 4. The molecule has 0 aromatic rings. The van der Waals surface area contributed by atoms with Crippen molar-refractivity contribution >= 4 is 11.9 Å². The second-order valence-corrected chi connectivity index (χ2v) is 13.2. The number of carbonyl (C=O) groups excluding carboxylic acids is 2. The van der Waals surface area contributed by atoms with Gasteiger partial charge in [0.1, 0.15) is 12.2 Å². The monoisotopic (exact) mass is 440 g/mol. The van der Waals surface area contributed by atoms with Crippen LogP contribution in [0.4, 0.5) is 0 Å². The average Bonchev–Trinajstić information content (AvgIpc) is 3.53. The van der Waals surface area contributed by atoms with Crippen LogP contribution in [0.1, 0.15) is 78.1 Å². The van der Waals surface area contributed by atoms with E-state index in [1.54, 1.807) is 0 Å². The van der Waals surface area contributed by atoms with Crippen LogP contribution in [0, 0.1) is 71.0 Å². The van der Waals surface area contributed by atoms with E-state index >= 15 is 0 Å². The molecular weight excluding hydrogens is 400 g/mol. The second-order valence-electron chi connectivity index (χ2n) is 13.2. The van der Waals surface area contributed by atoms with Crippen LogP contribution in [0.15, 0.2) is 0 Å². The Morgan fingerprint density at radius 2 is 1.41 bits per heavy atom. The third kappa shape index (κ3) is 2.86. The predicted octanol–water partition coefficient (Wildman–Crippen LogP) is 5.24. The first-order valence-corrected chi connectivity index (χ1v) is 13.9. The van der Waals surface area contributed by atoms with Crippen LogP contribution in [-0.4, -0.2) is 24.1 Å². The van der Waals surface area contributed by atoms with Gasteiger partial charge in [-0.25, -0.2) is 0 Å². The van der Waals surface area contributed by atoms with E-state index < -0.39 is 0 Å². The van der Waals surface area contributed by atoms with Gasteiger partial charge in [-0.05, 0) is 123 Å². The number of esters is 2. The zero-order chi connectivity index (χ0) is 21.7. The topological polar surface area (TPSA) is 52.6 Å². The van der Waals surface area contributed by atoms with Gasteiger partial charge in [-0.3, -0.25) is 9.59 Å².